The predicted octanol–water partition coefficient (Wildman–Crippen LogP) is 3.34. The lowest BCUT2D eigenvalue weighted by Gasteiger charge is -2.26. The van der Waals surface area contributed by atoms with Gasteiger partial charge in [0.25, 0.3) is 5.69 Å². The lowest BCUT2D eigenvalue weighted by molar-refractivity contribution is -0.384. The first-order valence-corrected chi connectivity index (χ1v) is 11.1. The molecule has 2 heterocycles. The number of aromatic nitrogens is 2. The van der Waals surface area contributed by atoms with Crippen molar-refractivity contribution in [2.24, 2.45) is 0 Å². The van der Waals surface area contributed by atoms with E-state index in [2.05, 4.69) is 10.00 Å². The van der Waals surface area contributed by atoms with E-state index in [0.29, 0.717) is 49.1 Å². The highest BCUT2D eigenvalue weighted by molar-refractivity contribution is 5.92. The van der Waals surface area contributed by atoms with Crippen LogP contribution in [0.4, 0.5) is 5.69 Å². The maximum atomic E-state index is 12.5. The largest absolute Gasteiger partial charge is 0.476 e. The first-order valence-electron chi connectivity index (χ1n) is 11.1. The Kier molecular flexibility index (Phi) is 7.51. The van der Waals surface area contributed by atoms with Crippen LogP contribution in [0.2, 0.25) is 0 Å². The molecule has 0 saturated carbocycles. The maximum Gasteiger partial charge on any atom is 0.345 e. The Bertz CT molecular complexity index is 1140. The number of morpholine rings is 1. The highest BCUT2D eigenvalue weighted by Crippen LogP contribution is 2.31. The number of hydrogen-bond acceptors (Lipinski definition) is 8. The smallest absolute Gasteiger partial charge is 0.345 e. The summed E-state index contributed by atoms with van der Waals surface area (Å²) in [6.45, 7) is 6.08. The molecule has 0 spiro atoms. The molecule has 1 saturated heterocycles. The minimum Gasteiger partial charge on any atom is -0.476 e. The molecule has 0 N–H and O–H groups in total. The van der Waals surface area contributed by atoms with Gasteiger partial charge in [0.15, 0.2) is 0 Å². The van der Waals surface area contributed by atoms with Crippen LogP contribution >= 0.6 is 0 Å². The lowest BCUT2D eigenvalue weighted by Crippen LogP contribution is -2.38. The Morgan fingerprint density at radius 3 is 2.59 bits per heavy atom. The highest BCUT2D eigenvalue weighted by Gasteiger charge is 2.22. The Morgan fingerprint density at radius 2 is 1.88 bits per heavy atom. The number of esters is 1. The molecule has 0 bridgehead atoms. The average Bonchev–Trinajstić information content (AvgIpc) is 3.29. The van der Waals surface area contributed by atoms with Crippen LogP contribution in [0.1, 0.15) is 17.3 Å². The van der Waals surface area contributed by atoms with Gasteiger partial charge in [-0.3, -0.25) is 15.0 Å². The molecule has 0 unspecified atom stereocenters. The summed E-state index contributed by atoms with van der Waals surface area (Å²) in [5, 5.41) is 15.7. The van der Waals surface area contributed by atoms with Crippen LogP contribution < -0.4 is 4.74 Å². The number of nitro benzene ring substituents is 1. The number of benzene rings is 2. The predicted molar refractivity (Wildman–Crippen MR) is 124 cm³/mol. The molecule has 1 fully saturated rings. The Morgan fingerprint density at radius 1 is 1.15 bits per heavy atom. The summed E-state index contributed by atoms with van der Waals surface area (Å²) in [5.41, 5.74) is 2.15. The quantitative estimate of drug-likeness (QED) is 0.268. The van der Waals surface area contributed by atoms with Crippen molar-refractivity contribution in [2.45, 2.75) is 6.92 Å². The van der Waals surface area contributed by atoms with Gasteiger partial charge in [-0.25, -0.2) is 9.48 Å². The third kappa shape index (κ3) is 5.24. The van der Waals surface area contributed by atoms with Gasteiger partial charge in [0.2, 0.25) is 5.88 Å². The second-order valence-electron chi connectivity index (χ2n) is 7.62. The molecule has 1 aromatic heterocycles. The van der Waals surface area contributed by atoms with E-state index in [4.69, 9.17) is 14.2 Å². The van der Waals surface area contributed by atoms with Crippen LogP contribution in [0.3, 0.4) is 0 Å². The van der Waals surface area contributed by atoms with E-state index in [0.717, 1.165) is 13.1 Å². The van der Waals surface area contributed by atoms with E-state index < -0.39 is 10.9 Å². The summed E-state index contributed by atoms with van der Waals surface area (Å²) in [5.74, 6) is -0.211. The number of rotatable bonds is 9. The number of carbonyl (C=O) groups is 1. The molecule has 10 heteroatoms. The molecule has 10 nitrogen and oxygen atoms in total. The van der Waals surface area contributed by atoms with Gasteiger partial charge < -0.3 is 14.2 Å². The Labute approximate surface area is 196 Å². The van der Waals surface area contributed by atoms with Gasteiger partial charge >= 0.3 is 5.97 Å². The van der Waals surface area contributed by atoms with E-state index in [1.54, 1.807) is 49.4 Å². The monoisotopic (exact) mass is 466 g/mol. The molecule has 0 radical (unpaired) electrons. The zero-order chi connectivity index (χ0) is 23.9. The normalized spacial score (nSPS) is 14.0. The van der Waals surface area contributed by atoms with Crippen LogP contribution in [0.15, 0.2) is 54.7 Å². The summed E-state index contributed by atoms with van der Waals surface area (Å²) >= 11 is 0. The Balaban J connectivity index is 1.59. The molecule has 34 heavy (non-hydrogen) atoms. The summed E-state index contributed by atoms with van der Waals surface area (Å²) in [7, 11) is 0. The minimum atomic E-state index is -0.508. The second kappa shape index (κ2) is 10.9. The molecule has 4 rings (SSSR count). The topological polar surface area (TPSA) is 109 Å². The van der Waals surface area contributed by atoms with Crippen molar-refractivity contribution in [2.75, 3.05) is 46.1 Å². The molecule has 178 valence electrons. The fourth-order valence-electron chi connectivity index (χ4n) is 3.76. The molecule has 0 atom stereocenters. The van der Waals surface area contributed by atoms with Crippen molar-refractivity contribution in [1.82, 2.24) is 14.7 Å². The SMILES string of the molecule is CCOC(=O)c1cnn(-c2ccc(-c3ccccc3[N+](=O)[O-])cc2)c1OCCN1CCOCC1. The van der Waals surface area contributed by atoms with Crippen LogP contribution in [0, 0.1) is 10.1 Å². The summed E-state index contributed by atoms with van der Waals surface area (Å²) < 4.78 is 18.1. The standard InChI is InChI=1S/C24H26N4O6/c1-2-33-24(29)21-17-25-27(23(21)34-16-13-26-11-14-32-15-12-26)19-9-7-18(8-10-19)20-5-3-4-6-22(20)28(30)31/h3-10,17H,2,11-16H2,1H3. The fourth-order valence-corrected chi connectivity index (χ4v) is 3.76. The molecule has 1 aliphatic rings. The van der Waals surface area contributed by atoms with Crippen molar-refractivity contribution >= 4 is 11.7 Å². The van der Waals surface area contributed by atoms with Gasteiger partial charge in [-0.2, -0.15) is 5.10 Å². The van der Waals surface area contributed by atoms with E-state index in [-0.39, 0.29) is 17.9 Å². The second-order valence-corrected chi connectivity index (χ2v) is 7.62. The van der Waals surface area contributed by atoms with Crippen molar-refractivity contribution in [3.8, 4) is 22.7 Å². The number of carbonyl (C=O) groups excluding carboxylic acids is 1. The summed E-state index contributed by atoms with van der Waals surface area (Å²) in [4.78, 5) is 25.7. The lowest BCUT2D eigenvalue weighted by atomic mass is 10.0. The van der Waals surface area contributed by atoms with Gasteiger partial charge in [0.05, 0.1) is 42.2 Å². The molecule has 3 aromatic rings. The number of para-hydroxylation sites is 1. The molecule has 1 aliphatic heterocycles. The first-order chi connectivity index (χ1) is 16.6. The third-order valence-electron chi connectivity index (χ3n) is 5.49. The number of nitrogens with zero attached hydrogens (tertiary/aromatic N) is 4. The number of hydrogen-bond donors (Lipinski definition) is 0. The van der Waals surface area contributed by atoms with Crippen LogP contribution in [-0.2, 0) is 9.47 Å². The summed E-state index contributed by atoms with van der Waals surface area (Å²) in [6, 6.07) is 13.7. The zero-order valence-corrected chi connectivity index (χ0v) is 18.9. The van der Waals surface area contributed by atoms with Gasteiger partial charge in [0, 0.05) is 25.7 Å². The van der Waals surface area contributed by atoms with E-state index >= 15 is 0 Å². The minimum absolute atomic E-state index is 0.0334. The molecule has 0 amide bonds. The van der Waals surface area contributed by atoms with Crippen LogP contribution in [-0.4, -0.2) is 71.6 Å². The highest BCUT2D eigenvalue weighted by atomic mass is 16.6. The fraction of sp³-hybridized carbons (Fsp3) is 0.333. The molecule has 0 aliphatic carbocycles. The Hall–Kier alpha value is -3.76. The summed E-state index contributed by atoms with van der Waals surface area (Å²) in [6.07, 6.45) is 1.43. The van der Waals surface area contributed by atoms with Crippen molar-refractivity contribution < 1.29 is 23.9 Å². The number of nitro groups is 1. The van der Waals surface area contributed by atoms with Crippen molar-refractivity contribution in [3.63, 3.8) is 0 Å². The van der Waals surface area contributed by atoms with Gasteiger partial charge in [-0.1, -0.05) is 24.3 Å². The molecular weight excluding hydrogens is 440 g/mol. The van der Waals surface area contributed by atoms with Gasteiger partial charge in [-0.15, -0.1) is 0 Å². The number of ether oxygens (including phenoxy) is 3. The maximum absolute atomic E-state index is 12.5. The van der Waals surface area contributed by atoms with Crippen molar-refractivity contribution in [1.29, 1.82) is 0 Å². The molecular formula is C24H26N4O6. The van der Waals surface area contributed by atoms with Crippen LogP contribution in [0.25, 0.3) is 16.8 Å². The van der Waals surface area contributed by atoms with Crippen LogP contribution in [0.5, 0.6) is 5.88 Å². The van der Waals surface area contributed by atoms with Gasteiger partial charge in [0.1, 0.15) is 12.2 Å². The zero-order valence-electron chi connectivity index (χ0n) is 18.9. The first kappa shape index (κ1) is 23.4. The van der Waals surface area contributed by atoms with E-state index in [1.807, 2.05) is 0 Å². The van der Waals surface area contributed by atoms with E-state index in [1.165, 1.54) is 16.9 Å². The van der Waals surface area contributed by atoms with Crippen molar-refractivity contribution in [3.05, 3.63) is 70.4 Å². The van der Waals surface area contributed by atoms with E-state index in [9.17, 15) is 14.9 Å². The average molecular weight is 466 g/mol. The van der Waals surface area contributed by atoms with Gasteiger partial charge in [-0.05, 0) is 30.7 Å². The third-order valence-corrected chi connectivity index (χ3v) is 5.49. The molecule has 2 aromatic carbocycles.